The van der Waals surface area contributed by atoms with Gasteiger partial charge in [-0.1, -0.05) is 68.8 Å². The molecule has 2 rings (SSSR count). The van der Waals surface area contributed by atoms with Crippen molar-refractivity contribution in [1.82, 2.24) is 10.2 Å². The van der Waals surface area contributed by atoms with Crippen molar-refractivity contribution in [1.29, 1.82) is 0 Å². The molecule has 0 aliphatic rings. The van der Waals surface area contributed by atoms with Gasteiger partial charge in [0.05, 0.1) is 11.9 Å². The zero-order valence-electron chi connectivity index (χ0n) is 21.6. The average molecular weight is 536 g/mol. The number of nitrogens with zero attached hydrogens (tertiary/aromatic N) is 2. The molecule has 1 unspecified atom stereocenters. The molecule has 198 valence electrons. The van der Waals surface area contributed by atoms with E-state index in [2.05, 4.69) is 5.32 Å². The number of sulfonamides is 1. The van der Waals surface area contributed by atoms with Gasteiger partial charge in [-0.25, -0.2) is 8.42 Å². The smallest absolute Gasteiger partial charge is 0.242 e. The Hall–Kier alpha value is -2.58. The fourth-order valence-electron chi connectivity index (χ4n) is 3.95. The summed E-state index contributed by atoms with van der Waals surface area (Å²) in [5.41, 5.74) is 1.54. The number of hydrogen-bond donors (Lipinski definition) is 1. The van der Waals surface area contributed by atoms with E-state index in [0.29, 0.717) is 49.0 Å². The summed E-state index contributed by atoms with van der Waals surface area (Å²) in [5, 5.41) is 3.39. The van der Waals surface area contributed by atoms with Crippen LogP contribution in [0.1, 0.15) is 45.6 Å². The number of carbonyl (C=O) groups is 2. The number of rotatable bonds is 14. The van der Waals surface area contributed by atoms with Crippen molar-refractivity contribution >= 4 is 39.1 Å². The second-order valence-corrected chi connectivity index (χ2v) is 11.6. The molecule has 2 aromatic rings. The van der Waals surface area contributed by atoms with Crippen LogP contribution in [0.5, 0.6) is 0 Å². The van der Waals surface area contributed by atoms with Crippen LogP contribution in [-0.2, 0) is 26.0 Å². The zero-order valence-corrected chi connectivity index (χ0v) is 23.2. The number of carbonyl (C=O) groups excluding carboxylic acids is 2. The summed E-state index contributed by atoms with van der Waals surface area (Å²) in [4.78, 5) is 28.0. The first kappa shape index (κ1) is 29.6. The quantitative estimate of drug-likeness (QED) is 0.385. The Kier molecular flexibility index (Phi) is 11.7. The normalized spacial score (nSPS) is 12.3. The van der Waals surface area contributed by atoms with Crippen molar-refractivity contribution in [2.75, 3.05) is 30.2 Å². The van der Waals surface area contributed by atoms with Crippen LogP contribution >= 0.6 is 11.6 Å². The van der Waals surface area contributed by atoms with Crippen molar-refractivity contribution in [3.8, 4) is 0 Å². The Labute approximate surface area is 220 Å². The van der Waals surface area contributed by atoms with Crippen molar-refractivity contribution in [2.45, 2.75) is 52.5 Å². The molecule has 0 saturated heterocycles. The van der Waals surface area contributed by atoms with E-state index in [1.54, 1.807) is 29.2 Å². The molecule has 9 heteroatoms. The van der Waals surface area contributed by atoms with E-state index in [0.717, 1.165) is 11.8 Å². The minimum atomic E-state index is -3.56. The van der Waals surface area contributed by atoms with Gasteiger partial charge in [0.25, 0.3) is 0 Å². The van der Waals surface area contributed by atoms with Crippen LogP contribution in [0, 0.1) is 5.92 Å². The van der Waals surface area contributed by atoms with Crippen molar-refractivity contribution < 1.29 is 18.0 Å². The van der Waals surface area contributed by atoms with Gasteiger partial charge in [0.2, 0.25) is 21.8 Å². The molecule has 2 aromatic carbocycles. The average Bonchev–Trinajstić information content (AvgIpc) is 2.82. The summed E-state index contributed by atoms with van der Waals surface area (Å²) in [6.45, 7) is 7.01. The predicted molar refractivity (Wildman–Crippen MR) is 147 cm³/mol. The molecule has 36 heavy (non-hydrogen) atoms. The molecule has 0 bridgehead atoms. The first-order valence-corrected chi connectivity index (χ1v) is 14.6. The maximum Gasteiger partial charge on any atom is 0.242 e. The molecule has 1 N–H and O–H groups in total. The lowest BCUT2D eigenvalue weighted by molar-refractivity contribution is -0.140. The number of amides is 2. The summed E-state index contributed by atoms with van der Waals surface area (Å²) in [5.74, 6) is -0.0327. The predicted octanol–water partition coefficient (Wildman–Crippen LogP) is 4.51. The first-order valence-electron chi connectivity index (χ1n) is 12.4. The Morgan fingerprint density at radius 3 is 2.31 bits per heavy atom. The highest BCUT2D eigenvalue weighted by atomic mass is 35.5. The van der Waals surface area contributed by atoms with E-state index in [1.807, 2.05) is 51.1 Å². The molecule has 0 aliphatic carbocycles. The van der Waals surface area contributed by atoms with Gasteiger partial charge in [-0.15, -0.1) is 0 Å². The lowest BCUT2D eigenvalue weighted by Crippen LogP contribution is -2.50. The molecule has 0 spiro atoms. The highest BCUT2D eigenvalue weighted by Crippen LogP contribution is 2.22. The summed E-state index contributed by atoms with van der Waals surface area (Å²) >= 11 is 6.06. The third-order valence-electron chi connectivity index (χ3n) is 5.80. The number of halogens is 1. The van der Waals surface area contributed by atoms with E-state index >= 15 is 0 Å². The largest absolute Gasteiger partial charge is 0.354 e. The van der Waals surface area contributed by atoms with Crippen LogP contribution in [0.3, 0.4) is 0 Å². The molecule has 0 fully saturated rings. The van der Waals surface area contributed by atoms with E-state index in [9.17, 15) is 18.0 Å². The summed E-state index contributed by atoms with van der Waals surface area (Å²) < 4.78 is 26.1. The fourth-order valence-corrected chi connectivity index (χ4v) is 5.10. The van der Waals surface area contributed by atoms with Gasteiger partial charge in [-0.2, -0.15) is 0 Å². The van der Waals surface area contributed by atoms with Crippen molar-refractivity contribution in [3.63, 3.8) is 0 Å². The molecule has 0 aliphatic heterocycles. The Morgan fingerprint density at radius 2 is 1.72 bits per heavy atom. The van der Waals surface area contributed by atoms with Crippen molar-refractivity contribution in [2.24, 2.45) is 5.92 Å². The van der Waals surface area contributed by atoms with Gasteiger partial charge in [0.15, 0.2) is 0 Å². The van der Waals surface area contributed by atoms with E-state index in [-0.39, 0.29) is 24.8 Å². The van der Waals surface area contributed by atoms with Gasteiger partial charge in [0, 0.05) is 31.1 Å². The molecule has 1 atom stereocenters. The van der Waals surface area contributed by atoms with E-state index < -0.39 is 16.1 Å². The van der Waals surface area contributed by atoms with Crippen molar-refractivity contribution in [3.05, 3.63) is 65.2 Å². The number of nitrogens with one attached hydrogen (secondary N) is 1. The second kappa shape index (κ2) is 14.2. The zero-order chi connectivity index (χ0) is 26.7. The standard InChI is InChI=1S/C27H38ClN3O4S/c1-5-25(27(33)29-20-21(2)3)30(18-16-22-11-7-6-8-12-22)26(32)15-10-17-31(36(4,34)35)24-14-9-13-23(28)19-24/h6-9,11-14,19,21,25H,5,10,15-18,20H2,1-4H3,(H,29,33). The monoisotopic (exact) mass is 535 g/mol. The van der Waals surface area contributed by atoms with Crippen LogP contribution in [0.25, 0.3) is 0 Å². The Bertz CT molecular complexity index is 1090. The lowest BCUT2D eigenvalue weighted by Gasteiger charge is -2.31. The van der Waals surface area contributed by atoms with Crippen LogP contribution in [0.2, 0.25) is 5.02 Å². The van der Waals surface area contributed by atoms with Gasteiger partial charge >= 0.3 is 0 Å². The lowest BCUT2D eigenvalue weighted by atomic mass is 10.1. The first-order chi connectivity index (χ1) is 17.0. The molecule has 0 aromatic heterocycles. The Morgan fingerprint density at radius 1 is 1.03 bits per heavy atom. The second-order valence-electron chi connectivity index (χ2n) is 9.30. The molecule has 0 saturated carbocycles. The minimum Gasteiger partial charge on any atom is -0.354 e. The molecule has 7 nitrogen and oxygen atoms in total. The summed E-state index contributed by atoms with van der Waals surface area (Å²) in [6, 6.07) is 15.9. The SMILES string of the molecule is CCC(C(=O)NCC(C)C)N(CCc1ccccc1)C(=O)CCCN(c1cccc(Cl)c1)S(C)(=O)=O. The van der Waals surface area contributed by atoms with Crippen LogP contribution in [-0.4, -0.2) is 57.1 Å². The number of benzene rings is 2. The van der Waals surface area contributed by atoms with E-state index in [4.69, 9.17) is 11.6 Å². The molecule has 0 radical (unpaired) electrons. The van der Waals surface area contributed by atoms with Gasteiger partial charge in [-0.05, 0) is 48.9 Å². The third kappa shape index (κ3) is 9.47. The minimum absolute atomic E-state index is 0.120. The topological polar surface area (TPSA) is 86.8 Å². The fraction of sp³-hybridized carbons (Fsp3) is 0.481. The van der Waals surface area contributed by atoms with Crippen LogP contribution < -0.4 is 9.62 Å². The van der Waals surface area contributed by atoms with Gasteiger partial charge < -0.3 is 10.2 Å². The molecule has 0 heterocycles. The molecular formula is C27H38ClN3O4S. The van der Waals surface area contributed by atoms with E-state index in [1.165, 1.54) is 4.31 Å². The van der Waals surface area contributed by atoms with Gasteiger partial charge in [0.1, 0.15) is 6.04 Å². The maximum absolute atomic E-state index is 13.4. The highest BCUT2D eigenvalue weighted by Gasteiger charge is 2.28. The van der Waals surface area contributed by atoms with Crippen LogP contribution in [0.15, 0.2) is 54.6 Å². The number of anilines is 1. The highest BCUT2D eigenvalue weighted by molar-refractivity contribution is 7.92. The molecular weight excluding hydrogens is 498 g/mol. The number of hydrogen-bond acceptors (Lipinski definition) is 4. The summed E-state index contributed by atoms with van der Waals surface area (Å²) in [6.07, 6.45) is 2.68. The van der Waals surface area contributed by atoms with Gasteiger partial charge in [-0.3, -0.25) is 13.9 Å². The Balaban J connectivity index is 2.15. The summed E-state index contributed by atoms with van der Waals surface area (Å²) in [7, 11) is -3.56. The third-order valence-corrected chi connectivity index (χ3v) is 7.23. The van der Waals surface area contributed by atoms with Crippen LogP contribution in [0.4, 0.5) is 5.69 Å². The maximum atomic E-state index is 13.4. The molecule has 2 amide bonds.